The van der Waals surface area contributed by atoms with Gasteiger partial charge in [-0.2, -0.15) is 0 Å². The maximum atomic E-state index is 13.5. The number of rotatable bonds is 7. The Morgan fingerprint density at radius 2 is 2.00 bits per heavy atom. The first-order valence-electron chi connectivity index (χ1n) is 11.9. The zero-order valence-electron chi connectivity index (χ0n) is 19.7. The number of hydrogen-bond donors (Lipinski definition) is 2. The number of anilines is 1. The van der Waals surface area contributed by atoms with E-state index in [1.165, 1.54) is 0 Å². The molecule has 0 saturated carbocycles. The van der Waals surface area contributed by atoms with Gasteiger partial charge in [0.05, 0.1) is 17.7 Å². The van der Waals surface area contributed by atoms with E-state index in [0.29, 0.717) is 43.5 Å². The van der Waals surface area contributed by atoms with E-state index in [1.54, 1.807) is 6.33 Å². The molecule has 2 N–H and O–H groups in total. The molecule has 1 saturated heterocycles. The SMILES string of the molecule is CC(C)NC[C@H](Cc1cccc(Cl)c1)C(=O)N1CCN(c2ncnc3c2[C@H](C)C[C@@H]3O)CC1. The summed E-state index contributed by atoms with van der Waals surface area (Å²) < 4.78 is 0. The molecular weight excluding hydrogens is 438 g/mol. The van der Waals surface area contributed by atoms with Crippen molar-refractivity contribution < 1.29 is 9.90 Å². The van der Waals surface area contributed by atoms with Gasteiger partial charge in [-0.05, 0) is 36.5 Å². The minimum atomic E-state index is -0.514. The number of aliphatic hydroxyl groups excluding tert-OH is 1. The zero-order valence-corrected chi connectivity index (χ0v) is 20.4. The highest BCUT2D eigenvalue weighted by atomic mass is 35.5. The Kier molecular flexibility index (Phi) is 7.51. The van der Waals surface area contributed by atoms with Crippen molar-refractivity contribution in [3.63, 3.8) is 0 Å². The molecule has 7 nitrogen and oxygen atoms in total. The number of nitrogens with zero attached hydrogens (tertiary/aromatic N) is 4. The zero-order chi connectivity index (χ0) is 23.5. The van der Waals surface area contributed by atoms with Gasteiger partial charge < -0.3 is 20.2 Å². The maximum Gasteiger partial charge on any atom is 0.227 e. The number of halogens is 1. The largest absolute Gasteiger partial charge is 0.387 e. The Morgan fingerprint density at radius 3 is 2.70 bits per heavy atom. The van der Waals surface area contributed by atoms with Crippen LogP contribution in [0.15, 0.2) is 30.6 Å². The van der Waals surface area contributed by atoms with Gasteiger partial charge in [0.15, 0.2) is 0 Å². The molecule has 2 heterocycles. The summed E-state index contributed by atoms with van der Waals surface area (Å²) in [7, 11) is 0. The lowest BCUT2D eigenvalue weighted by Crippen LogP contribution is -2.52. The molecule has 8 heteroatoms. The predicted octanol–water partition coefficient (Wildman–Crippen LogP) is 3.18. The molecule has 1 amide bonds. The Labute approximate surface area is 201 Å². The maximum absolute atomic E-state index is 13.5. The first-order chi connectivity index (χ1) is 15.8. The third-order valence-electron chi connectivity index (χ3n) is 6.66. The third kappa shape index (κ3) is 5.48. The van der Waals surface area contributed by atoms with Crippen molar-refractivity contribution in [2.45, 2.75) is 51.7 Å². The van der Waals surface area contributed by atoms with Gasteiger partial charge in [0, 0.05) is 49.4 Å². The van der Waals surface area contributed by atoms with Gasteiger partial charge in [-0.25, -0.2) is 9.97 Å². The molecule has 0 spiro atoms. The summed E-state index contributed by atoms with van der Waals surface area (Å²) in [6.45, 7) is 9.70. The highest BCUT2D eigenvalue weighted by Gasteiger charge is 2.34. The van der Waals surface area contributed by atoms with Crippen LogP contribution in [-0.2, 0) is 11.2 Å². The number of piperazine rings is 1. The molecule has 0 unspecified atom stereocenters. The Morgan fingerprint density at radius 1 is 1.24 bits per heavy atom. The van der Waals surface area contributed by atoms with E-state index in [1.807, 2.05) is 29.2 Å². The van der Waals surface area contributed by atoms with Gasteiger partial charge in [0.25, 0.3) is 0 Å². The minimum Gasteiger partial charge on any atom is -0.387 e. The number of carbonyl (C=O) groups is 1. The molecule has 1 fully saturated rings. The van der Waals surface area contributed by atoms with E-state index >= 15 is 0 Å². The number of fused-ring (bicyclic) bond motifs is 1. The average molecular weight is 472 g/mol. The Hall–Kier alpha value is -2.22. The van der Waals surface area contributed by atoms with E-state index in [-0.39, 0.29) is 17.7 Å². The lowest BCUT2D eigenvalue weighted by atomic mass is 9.97. The van der Waals surface area contributed by atoms with Crippen molar-refractivity contribution in [1.29, 1.82) is 0 Å². The number of carbonyl (C=O) groups excluding carboxylic acids is 1. The quantitative estimate of drug-likeness (QED) is 0.645. The third-order valence-corrected chi connectivity index (χ3v) is 6.90. The monoisotopic (exact) mass is 471 g/mol. The molecule has 1 aromatic carbocycles. The van der Waals surface area contributed by atoms with Crippen molar-refractivity contribution >= 4 is 23.3 Å². The van der Waals surface area contributed by atoms with Crippen LogP contribution < -0.4 is 10.2 Å². The predicted molar refractivity (Wildman–Crippen MR) is 131 cm³/mol. The van der Waals surface area contributed by atoms with Crippen LogP contribution >= 0.6 is 11.6 Å². The summed E-state index contributed by atoms with van der Waals surface area (Å²) >= 11 is 6.18. The summed E-state index contributed by atoms with van der Waals surface area (Å²) in [6.07, 6.45) is 2.38. The molecule has 2 aromatic rings. The van der Waals surface area contributed by atoms with Gasteiger partial charge in [0.2, 0.25) is 5.91 Å². The molecular formula is C25H34ClN5O2. The topological polar surface area (TPSA) is 81.6 Å². The lowest BCUT2D eigenvalue weighted by molar-refractivity contribution is -0.135. The molecule has 0 bridgehead atoms. The lowest BCUT2D eigenvalue weighted by Gasteiger charge is -2.38. The number of nitrogens with one attached hydrogen (secondary N) is 1. The summed E-state index contributed by atoms with van der Waals surface area (Å²) in [4.78, 5) is 26.6. The Bertz CT molecular complexity index is 977. The van der Waals surface area contributed by atoms with Crippen molar-refractivity contribution in [2.24, 2.45) is 5.92 Å². The first kappa shape index (κ1) is 23.9. The van der Waals surface area contributed by atoms with Gasteiger partial charge >= 0.3 is 0 Å². The molecule has 2 aliphatic rings. The number of hydrogen-bond acceptors (Lipinski definition) is 6. The van der Waals surface area contributed by atoms with Gasteiger partial charge in [0.1, 0.15) is 12.1 Å². The highest BCUT2D eigenvalue weighted by molar-refractivity contribution is 6.30. The fourth-order valence-corrected chi connectivity index (χ4v) is 5.14. The fourth-order valence-electron chi connectivity index (χ4n) is 4.92. The van der Waals surface area contributed by atoms with E-state index in [4.69, 9.17) is 11.6 Å². The van der Waals surface area contributed by atoms with Crippen LogP contribution in [0.3, 0.4) is 0 Å². The normalized spacial score (nSPS) is 21.4. The molecule has 4 rings (SSSR count). The van der Waals surface area contributed by atoms with Crippen molar-refractivity contribution in [3.05, 3.63) is 52.4 Å². The van der Waals surface area contributed by atoms with E-state index < -0.39 is 6.10 Å². The molecule has 1 aliphatic carbocycles. The molecule has 3 atom stereocenters. The summed E-state index contributed by atoms with van der Waals surface area (Å²) in [5, 5.41) is 14.4. The molecule has 1 aromatic heterocycles. The van der Waals surface area contributed by atoms with E-state index in [0.717, 1.165) is 35.7 Å². The van der Waals surface area contributed by atoms with Crippen LogP contribution in [-0.4, -0.2) is 64.6 Å². The van der Waals surface area contributed by atoms with Gasteiger partial charge in [-0.3, -0.25) is 4.79 Å². The van der Waals surface area contributed by atoms with E-state index in [9.17, 15) is 9.90 Å². The van der Waals surface area contributed by atoms with Crippen LogP contribution in [0.4, 0.5) is 5.82 Å². The second-order valence-corrected chi connectivity index (χ2v) is 9.99. The van der Waals surface area contributed by atoms with E-state index in [2.05, 4.69) is 41.0 Å². The van der Waals surface area contributed by atoms with Crippen LogP contribution in [0.5, 0.6) is 0 Å². The molecule has 33 heavy (non-hydrogen) atoms. The molecule has 178 valence electrons. The van der Waals surface area contributed by atoms with Crippen LogP contribution in [0, 0.1) is 5.92 Å². The summed E-state index contributed by atoms with van der Waals surface area (Å²) in [5.41, 5.74) is 2.89. The number of aliphatic hydroxyl groups is 1. The van der Waals surface area contributed by atoms with Crippen LogP contribution in [0.25, 0.3) is 0 Å². The summed E-state index contributed by atoms with van der Waals surface area (Å²) in [5.74, 6) is 1.18. The van der Waals surface area contributed by atoms with Crippen molar-refractivity contribution in [2.75, 3.05) is 37.6 Å². The van der Waals surface area contributed by atoms with Crippen LogP contribution in [0.1, 0.15) is 56.0 Å². The Balaban J connectivity index is 1.44. The standard InChI is InChI=1S/C25H34ClN5O2/c1-16(2)27-14-19(12-18-5-4-6-20(26)13-18)25(33)31-9-7-30(8-10-31)24-22-17(3)11-21(32)23(22)28-15-29-24/h4-6,13,15-17,19,21,27,32H,7-12,14H2,1-3H3/t17-,19+,21+/m1/s1. The molecule has 1 aliphatic heterocycles. The smallest absolute Gasteiger partial charge is 0.227 e. The van der Waals surface area contributed by atoms with Crippen molar-refractivity contribution in [1.82, 2.24) is 20.2 Å². The van der Waals surface area contributed by atoms with Gasteiger partial charge in [-0.1, -0.05) is 44.5 Å². The fraction of sp³-hybridized carbons (Fsp3) is 0.560. The molecule has 0 radical (unpaired) electrons. The summed E-state index contributed by atoms with van der Waals surface area (Å²) in [6, 6.07) is 8.09. The second-order valence-electron chi connectivity index (χ2n) is 9.55. The first-order valence-corrected chi connectivity index (χ1v) is 12.3. The minimum absolute atomic E-state index is 0.143. The van der Waals surface area contributed by atoms with Crippen LogP contribution in [0.2, 0.25) is 5.02 Å². The number of amides is 1. The highest BCUT2D eigenvalue weighted by Crippen LogP contribution is 2.42. The second kappa shape index (κ2) is 10.4. The average Bonchev–Trinajstić information content (AvgIpc) is 3.10. The van der Waals surface area contributed by atoms with Crippen molar-refractivity contribution in [3.8, 4) is 0 Å². The van der Waals surface area contributed by atoms with Gasteiger partial charge in [-0.15, -0.1) is 0 Å². The number of aromatic nitrogens is 2. The number of benzene rings is 1.